The Balaban J connectivity index is 1.72. The van der Waals surface area contributed by atoms with E-state index in [1.54, 1.807) is 11.3 Å². The fraction of sp³-hybridized carbons (Fsp3) is 0.538. The highest BCUT2D eigenvalue weighted by Gasteiger charge is 2.24. The van der Waals surface area contributed by atoms with Gasteiger partial charge in [-0.2, -0.15) is 0 Å². The van der Waals surface area contributed by atoms with Crippen molar-refractivity contribution < 1.29 is 9.53 Å². The van der Waals surface area contributed by atoms with Crippen LogP contribution >= 0.6 is 23.6 Å². The van der Waals surface area contributed by atoms with Crippen LogP contribution in [-0.2, 0) is 4.74 Å². The second-order valence-corrected chi connectivity index (χ2v) is 10.3. The lowest BCUT2D eigenvalue weighted by Crippen LogP contribution is -2.38. The van der Waals surface area contributed by atoms with Crippen LogP contribution in [0.3, 0.4) is 0 Å². The smallest absolute Gasteiger partial charge is 0.341 e. The molecule has 0 saturated heterocycles. The molecule has 174 valence electrons. The second kappa shape index (κ2) is 12.9. The Labute approximate surface area is 202 Å². The van der Waals surface area contributed by atoms with E-state index in [0.717, 1.165) is 33.8 Å². The van der Waals surface area contributed by atoms with Gasteiger partial charge in [-0.25, -0.2) is 4.79 Å². The highest BCUT2D eigenvalue weighted by molar-refractivity contribution is 7.80. The Kier molecular flexibility index (Phi) is 10.0. The summed E-state index contributed by atoms with van der Waals surface area (Å²) < 4.78 is 5.13. The molecule has 3 rings (SSSR count). The number of esters is 1. The number of carbonyl (C=O) groups is 1. The summed E-state index contributed by atoms with van der Waals surface area (Å²) in [7, 11) is 1.43. The predicted molar refractivity (Wildman–Crippen MR) is 140 cm³/mol. The zero-order valence-corrected chi connectivity index (χ0v) is 21.0. The number of benzene rings is 1. The maximum atomic E-state index is 12.7. The molecule has 1 aromatic carbocycles. The number of hydrogen-bond acceptors (Lipinski definition) is 4. The van der Waals surface area contributed by atoms with Crippen molar-refractivity contribution in [3.05, 3.63) is 40.8 Å². The molecule has 0 radical (unpaired) electrons. The predicted octanol–water partition coefficient (Wildman–Crippen LogP) is 7.47. The first-order chi connectivity index (χ1) is 15.6. The van der Waals surface area contributed by atoms with Crippen LogP contribution in [0.5, 0.6) is 0 Å². The van der Waals surface area contributed by atoms with Gasteiger partial charge in [0.25, 0.3) is 0 Å². The molecule has 1 aromatic heterocycles. The number of anilines is 1. The van der Waals surface area contributed by atoms with E-state index in [2.05, 4.69) is 10.6 Å². The average molecular weight is 473 g/mol. The summed E-state index contributed by atoms with van der Waals surface area (Å²) >= 11 is 7.24. The van der Waals surface area contributed by atoms with Gasteiger partial charge in [-0.05, 0) is 37.5 Å². The number of carbonyl (C=O) groups excluding carboxylic acids is 1. The molecule has 0 bridgehead atoms. The van der Waals surface area contributed by atoms with Crippen molar-refractivity contribution >= 4 is 39.6 Å². The zero-order valence-electron chi connectivity index (χ0n) is 19.4. The molecule has 1 aliphatic rings. The van der Waals surface area contributed by atoms with Gasteiger partial charge in [0.2, 0.25) is 0 Å². The molecule has 0 unspecified atom stereocenters. The molecule has 2 N–H and O–H groups in total. The van der Waals surface area contributed by atoms with E-state index < -0.39 is 0 Å². The van der Waals surface area contributed by atoms with Crippen LogP contribution in [0.4, 0.5) is 5.00 Å². The highest BCUT2D eigenvalue weighted by atomic mass is 32.1. The summed E-state index contributed by atoms with van der Waals surface area (Å²) in [4.78, 5) is 13.8. The van der Waals surface area contributed by atoms with Gasteiger partial charge in [0.05, 0.1) is 7.11 Å². The standard InChI is InChI=1S/C26H36N2O2S2/c1-19-22(20-15-11-10-12-16-20)23(25(29)30-2)24(32-19)28-26(31)27-21-17-13-8-6-4-3-5-7-9-14-18-21/h10-12,15-16,21H,3-9,13-14,17-18H2,1-2H3,(H2,27,28,31). The Hall–Kier alpha value is -1.92. The molecule has 0 aliphatic heterocycles. The molecule has 4 nitrogen and oxygen atoms in total. The summed E-state index contributed by atoms with van der Waals surface area (Å²) in [6.45, 7) is 2.04. The van der Waals surface area contributed by atoms with Crippen molar-refractivity contribution in [1.82, 2.24) is 5.32 Å². The van der Waals surface area contributed by atoms with Crippen LogP contribution < -0.4 is 10.6 Å². The Bertz CT molecular complexity index is 867. The first kappa shape index (κ1) is 24.7. The van der Waals surface area contributed by atoms with Crippen molar-refractivity contribution in [2.45, 2.75) is 83.6 Å². The van der Waals surface area contributed by atoms with E-state index in [0.29, 0.717) is 16.7 Å². The quantitative estimate of drug-likeness (QED) is 0.357. The molecule has 2 aromatic rings. The summed E-state index contributed by atoms with van der Waals surface area (Å²) in [5.41, 5.74) is 2.48. The molecule has 0 spiro atoms. The van der Waals surface area contributed by atoms with Gasteiger partial charge in [-0.3, -0.25) is 0 Å². The van der Waals surface area contributed by atoms with Crippen molar-refractivity contribution in [3.63, 3.8) is 0 Å². The molecule has 1 aliphatic carbocycles. The molecule has 0 atom stereocenters. The van der Waals surface area contributed by atoms with Crippen LogP contribution in [0.2, 0.25) is 0 Å². The molecule has 1 fully saturated rings. The van der Waals surface area contributed by atoms with Gasteiger partial charge in [0, 0.05) is 16.5 Å². The van der Waals surface area contributed by atoms with E-state index in [1.165, 1.54) is 64.9 Å². The lowest BCUT2D eigenvalue weighted by molar-refractivity contribution is 0.0603. The third-order valence-corrected chi connectivity index (χ3v) is 7.44. The third-order valence-electron chi connectivity index (χ3n) is 6.20. The number of ether oxygens (including phenoxy) is 1. The minimum atomic E-state index is -0.343. The molecular formula is C26H36N2O2S2. The van der Waals surface area contributed by atoms with Crippen LogP contribution in [0.25, 0.3) is 11.1 Å². The van der Waals surface area contributed by atoms with Crippen molar-refractivity contribution in [1.29, 1.82) is 0 Å². The zero-order chi connectivity index (χ0) is 22.8. The average Bonchev–Trinajstić information content (AvgIpc) is 3.11. The normalized spacial score (nSPS) is 16.4. The number of aryl methyl sites for hydroxylation is 1. The van der Waals surface area contributed by atoms with Gasteiger partial charge < -0.3 is 15.4 Å². The SMILES string of the molecule is COC(=O)c1c(NC(=S)NC2CCCCCCCCCCC2)sc(C)c1-c1ccccc1. The number of thiocarbonyl (C=S) groups is 1. The van der Waals surface area contributed by atoms with Crippen molar-refractivity contribution in [2.75, 3.05) is 12.4 Å². The first-order valence-corrected chi connectivity index (χ1v) is 13.2. The summed E-state index contributed by atoms with van der Waals surface area (Å²) in [5, 5.41) is 8.22. The van der Waals surface area contributed by atoms with E-state index in [9.17, 15) is 4.79 Å². The van der Waals surface area contributed by atoms with Crippen LogP contribution in [-0.4, -0.2) is 24.2 Å². The molecule has 0 amide bonds. The van der Waals surface area contributed by atoms with Gasteiger partial charge in [0.1, 0.15) is 10.6 Å². The van der Waals surface area contributed by atoms with E-state index in [-0.39, 0.29) is 5.97 Å². The highest BCUT2D eigenvalue weighted by Crippen LogP contribution is 2.40. The van der Waals surface area contributed by atoms with Crippen LogP contribution in [0.15, 0.2) is 30.3 Å². The van der Waals surface area contributed by atoms with Gasteiger partial charge in [-0.1, -0.05) is 88.1 Å². The molecule has 6 heteroatoms. The molecular weight excluding hydrogens is 436 g/mol. The Morgan fingerprint density at radius 3 is 2.09 bits per heavy atom. The number of methoxy groups -OCH3 is 1. The van der Waals surface area contributed by atoms with E-state index in [4.69, 9.17) is 17.0 Å². The largest absolute Gasteiger partial charge is 0.465 e. The maximum absolute atomic E-state index is 12.7. The van der Waals surface area contributed by atoms with Crippen LogP contribution in [0.1, 0.15) is 85.9 Å². The lowest BCUT2D eigenvalue weighted by Gasteiger charge is -2.21. The maximum Gasteiger partial charge on any atom is 0.341 e. The minimum absolute atomic E-state index is 0.343. The fourth-order valence-electron chi connectivity index (χ4n) is 4.51. The number of nitrogens with one attached hydrogen (secondary N) is 2. The monoisotopic (exact) mass is 472 g/mol. The summed E-state index contributed by atoms with van der Waals surface area (Å²) in [6.07, 6.45) is 14.2. The lowest BCUT2D eigenvalue weighted by atomic mass is 9.98. The number of rotatable bonds is 4. The number of hydrogen-bond donors (Lipinski definition) is 2. The summed E-state index contributed by atoms with van der Waals surface area (Å²) in [5.74, 6) is -0.343. The van der Waals surface area contributed by atoms with E-state index in [1.807, 2.05) is 37.3 Å². The van der Waals surface area contributed by atoms with Crippen molar-refractivity contribution in [3.8, 4) is 11.1 Å². The fourth-order valence-corrected chi connectivity index (χ4v) is 5.92. The van der Waals surface area contributed by atoms with Gasteiger partial charge >= 0.3 is 5.97 Å². The Morgan fingerprint density at radius 1 is 0.969 bits per heavy atom. The summed E-state index contributed by atoms with van der Waals surface area (Å²) in [6, 6.07) is 10.4. The first-order valence-electron chi connectivity index (χ1n) is 11.9. The molecule has 1 heterocycles. The minimum Gasteiger partial charge on any atom is -0.465 e. The van der Waals surface area contributed by atoms with Crippen molar-refractivity contribution in [2.24, 2.45) is 0 Å². The Morgan fingerprint density at radius 2 is 1.53 bits per heavy atom. The second-order valence-electron chi connectivity index (χ2n) is 8.65. The third kappa shape index (κ3) is 7.04. The number of thiophene rings is 1. The van der Waals surface area contributed by atoms with E-state index >= 15 is 0 Å². The van der Waals surface area contributed by atoms with Crippen LogP contribution in [0, 0.1) is 6.92 Å². The van der Waals surface area contributed by atoms with Gasteiger partial charge in [-0.15, -0.1) is 11.3 Å². The molecule has 1 saturated carbocycles. The topological polar surface area (TPSA) is 50.4 Å². The van der Waals surface area contributed by atoms with Gasteiger partial charge in [0.15, 0.2) is 5.11 Å². The molecule has 32 heavy (non-hydrogen) atoms.